The fourth-order valence-electron chi connectivity index (χ4n) is 1.25. The number of amides is 1. The minimum atomic E-state index is -0.453. The Morgan fingerprint density at radius 1 is 1.64 bits per heavy atom. The van der Waals surface area contributed by atoms with E-state index in [1.807, 2.05) is 6.92 Å². The summed E-state index contributed by atoms with van der Waals surface area (Å²) in [6, 6.07) is -0.453. The fourth-order valence-corrected chi connectivity index (χ4v) is 1.38. The smallest absolute Gasteiger partial charge is 0.258 e. The van der Waals surface area contributed by atoms with Crippen molar-refractivity contribution in [2.24, 2.45) is 5.84 Å². The zero-order valence-corrected chi connectivity index (χ0v) is 9.09. The summed E-state index contributed by atoms with van der Waals surface area (Å²) in [6.07, 6.45) is 0. The number of hydrogen-bond donors (Lipinski definition) is 2. The summed E-state index contributed by atoms with van der Waals surface area (Å²) in [5.41, 5.74) is 3.55. The van der Waals surface area contributed by atoms with Crippen LogP contribution in [0.2, 0.25) is 5.02 Å². The lowest BCUT2D eigenvalue weighted by Crippen LogP contribution is -2.36. The molecule has 1 rings (SSSR count). The zero-order valence-electron chi connectivity index (χ0n) is 8.34. The Morgan fingerprint density at radius 2 is 2.21 bits per heavy atom. The van der Waals surface area contributed by atoms with Crippen LogP contribution in [0.3, 0.4) is 0 Å². The van der Waals surface area contributed by atoms with Gasteiger partial charge in [-0.05, 0) is 20.8 Å². The lowest BCUT2D eigenvalue weighted by molar-refractivity contribution is -0.124. The van der Waals surface area contributed by atoms with E-state index in [1.54, 1.807) is 18.5 Å². The highest BCUT2D eigenvalue weighted by atomic mass is 35.5. The van der Waals surface area contributed by atoms with Crippen molar-refractivity contribution in [1.29, 1.82) is 0 Å². The van der Waals surface area contributed by atoms with E-state index >= 15 is 0 Å². The number of aryl methyl sites for hydroxylation is 1. The Labute approximate surface area is 87.2 Å². The van der Waals surface area contributed by atoms with Crippen LogP contribution in [-0.4, -0.2) is 15.7 Å². The number of rotatable bonds is 2. The lowest BCUT2D eigenvalue weighted by atomic mass is 10.3. The van der Waals surface area contributed by atoms with Crippen molar-refractivity contribution in [2.75, 3.05) is 0 Å². The van der Waals surface area contributed by atoms with Gasteiger partial charge < -0.3 is 0 Å². The van der Waals surface area contributed by atoms with Gasteiger partial charge in [-0.1, -0.05) is 11.6 Å². The van der Waals surface area contributed by atoms with Gasteiger partial charge in [0.25, 0.3) is 5.91 Å². The van der Waals surface area contributed by atoms with E-state index in [1.165, 1.54) is 0 Å². The Morgan fingerprint density at radius 3 is 2.57 bits per heavy atom. The van der Waals surface area contributed by atoms with Crippen LogP contribution in [-0.2, 0) is 4.79 Å². The number of aromatic nitrogens is 2. The SMILES string of the molecule is Cc1nn([C@H](C)C(=O)NN)c(C)c1Cl. The largest absolute Gasteiger partial charge is 0.292 e. The van der Waals surface area contributed by atoms with Crippen LogP contribution in [0.1, 0.15) is 24.4 Å². The van der Waals surface area contributed by atoms with Gasteiger partial charge in [0, 0.05) is 0 Å². The third-order valence-electron chi connectivity index (χ3n) is 2.13. The van der Waals surface area contributed by atoms with Crippen LogP contribution < -0.4 is 11.3 Å². The standard InChI is InChI=1S/C8H13ClN4O/c1-4-7(9)5(2)13(12-4)6(3)8(14)11-10/h6H,10H2,1-3H3,(H,11,14)/t6-/m1/s1. The highest BCUT2D eigenvalue weighted by Gasteiger charge is 2.19. The molecule has 0 spiro atoms. The molecule has 1 aromatic rings. The Hall–Kier alpha value is -1.07. The molecule has 0 saturated heterocycles. The van der Waals surface area contributed by atoms with Crippen molar-refractivity contribution in [1.82, 2.24) is 15.2 Å². The molecule has 1 amide bonds. The summed E-state index contributed by atoms with van der Waals surface area (Å²) in [4.78, 5) is 11.2. The van der Waals surface area contributed by atoms with Crippen molar-refractivity contribution in [3.63, 3.8) is 0 Å². The molecule has 5 nitrogen and oxygen atoms in total. The Balaban J connectivity index is 3.07. The zero-order chi connectivity index (χ0) is 10.9. The van der Waals surface area contributed by atoms with E-state index in [2.05, 4.69) is 10.5 Å². The summed E-state index contributed by atoms with van der Waals surface area (Å²) in [5, 5.41) is 4.73. The van der Waals surface area contributed by atoms with Gasteiger partial charge in [0.1, 0.15) is 6.04 Å². The molecule has 1 aromatic heterocycles. The molecule has 6 heteroatoms. The van der Waals surface area contributed by atoms with Gasteiger partial charge >= 0.3 is 0 Å². The van der Waals surface area contributed by atoms with Crippen molar-refractivity contribution >= 4 is 17.5 Å². The summed E-state index contributed by atoms with van der Waals surface area (Å²) < 4.78 is 1.56. The van der Waals surface area contributed by atoms with E-state index in [-0.39, 0.29) is 5.91 Å². The molecule has 78 valence electrons. The Bertz CT molecular complexity index is 360. The second-order valence-electron chi connectivity index (χ2n) is 3.11. The number of hydrogen-bond acceptors (Lipinski definition) is 3. The molecule has 0 radical (unpaired) electrons. The van der Waals surface area contributed by atoms with Crippen molar-refractivity contribution in [3.05, 3.63) is 16.4 Å². The van der Waals surface area contributed by atoms with E-state index in [4.69, 9.17) is 17.4 Å². The molecule has 0 aromatic carbocycles. The molecule has 1 atom stereocenters. The van der Waals surface area contributed by atoms with Crippen molar-refractivity contribution in [3.8, 4) is 0 Å². The molecule has 0 fully saturated rings. The van der Waals surface area contributed by atoms with Crippen LogP contribution in [0.5, 0.6) is 0 Å². The van der Waals surface area contributed by atoms with Crippen LogP contribution in [0.25, 0.3) is 0 Å². The first-order valence-corrected chi connectivity index (χ1v) is 4.58. The first kappa shape index (κ1) is 11.0. The molecular formula is C8H13ClN4O. The van der Waals surface area contributed by atoms with Gasteiger partial charge in [0.15, 0.2) is 0 Å². The van der Waals surface area contributed by atoms with E-state index in [0.717, 1.165) is 5.69 Å². The van der Waals surface area contributed by atoms with E-state index in [0.29, 0.717) is 10.7 Å². The van der Waals surface area contributed by atoms with E-state index in [9.17, 15) is 4.79 Å². The molecule has 0 bridgehead atoms. The maximum Gasteiger partial charge on any atom is 0.258 e. The van der Waals surface area contributed by atoms with Gasteiger partial charge in [0.2, 0.25) is 0 Å². The molecule has 0 aliphatic heterocycles. The van der Waals surface area contributed by atoms with Crippen LogP contribution >= 0.6 is 11.6 Å². The summed E-state index contributed by atoms with van der Waals surface area (Å²) in [5.74, 6) is 4.73. The summed E-state index contributed by atoms with van der Waals surface area (Å²) >= 11 is 5.94. The third-order valence-corrected chi connectivity index (χ3v) is 2.67. The van der Waals surface area contributed by atoms with Crippen molar-refractivity contribution in [2.45, 2.75) is 26.8 Å². The van der Waals surface area contributed by atoms with Gasteiger partial charge in [-0.25, -0.2) is 5.84 Å². The number of carbonyl (C=O) groups is 1. The van der Waals surface area contributed by atoms with E-state index < -0.39 is 6.04 Å². The molecule has 0 saturated carbocycles. The second-order valence-corrected chi connectivity index (χ2v) is 3.49. The predicted octanol–water partition coefficient (Wildman–Crippen LogP) is 0.704. The van der Waals surface area contributed by atoms with Crippen molar-refractivity contribution < 1.29 is 4.79 Å². The number of halogens is 1. The minimum Gasteiger partial charge on any atom is -0.292 e. The maximum atomic E-state index is 11.2. The van der Waals surface area contributed by atoms with Gasteiger partial charge in [-0.3, -0.25) is 14.9 Å². The molecule has 0 aliphatic carbocycles. The number of carbonyl (C=O) groups excluding carboxylic acids is 1. The van der Waals surface area contributed by atoms with Crippen LogP contribution in [0.4, 0.5) is 0 Å². The summed E-state index contributed by atoms with van der Waals surface area (Å²) in [7, 11) is 0. The quantitative estimate of drug-likeness (QED) is 0.434. The maximum absolute atomic E-state index is 11.2. The summed E-state index contributed by atoms with van der Waals surface area (Å²) in [6.45, 7) is 5.31. The molecule has 0 unspecified atom stereocenters. The predicted molar refractivity (Wildman–Crippen MR) is 53.8 cm³/mol. The number of nitrogens with zero attached hydrogens (tertiary/aromatic N) is 2. The molecule has 14 heavy (non-hydrogen) atoms. The third kappa shape index (κ3) is 1.73. The van der Waals surface area contributed by atoms with Gasteiger partial charge in [-0.2, -0.15) is 5.10 Å². The Kier molecular flexibility index (Phi) is 3.13. The molecular weight excluding hydrogens is 204 g/mol. The monoisotopic (exact) mass is 216 g/mol. The average Bonchev–Trinajstić information content (AvgIpc) is 2.43. The number of nitrogens with one attached hydrogen (secondary N) is 1. The molecule has 0 aliphatic rings. The number of nitrogens with two attached hydrogens (primary N) is 1. The highest BCUT2D eigenvalue weighted by molar-refractivity contribution is 6.31. The van der Waals surface area contributed by atoms with Gasteiger partial charge in [0.05, 0.1) is 16.4 Å². The first-order chi connectivity index (χ1) is 6.49. The average molecular weight is 217 g/mol. The molecule has 3 N–H and O–H groups in total. The van der Waals surface area contributed by atoms with Gasteiger partial charge in [-0.15, -0.1) is 0 Å². The second kappa shape index (κ2) is 3.98. The first-order valence-electron chi connectivity index (χ1n) is 4.20. The number of hydrazine groups is 1. The topological polar surface area (TPSA) is 72.9 Å². The van der Waals surface area contributed by atoms with Crippen LogP contribution in [0.15, 0.2) is 0 Å². The normalized spacial score (nSPS) is 12.6. The highest BCUT2D eigenvalue weighted by Crippen LogP contribution is 2.21. The minimum absolute atomic E-state index is 0.299. The fraction of sp³-hybridized carbons (Fsp3) is 0.500. The lowest BCUT2D eigenvalue weighted by Gasteiger charge is -2.11. The van der Waals surface area contributed by atoms with Crippen LogP contribution in [0, 0.1) is 13.8 Å². The molecule has 1 heterocycles.